The molecule has 0 aliphatic carbocycles. The van der Waals surface area contributed by atoms with Gasteiger partial charge in [0.25, 0.3) is 5.95 Å². The number of rotatable bonds is 6. The second-order valence-corrected chi connectivity index (χ2v) is 7.49. The zero-order chi connectivity index (χ0) is 19.7. The van der Waals surface area contributed by atoms with E-state index in [1.165, 1.54) is 22.3 Å². The molecule has 28 heavy (non-hydrogen) atoms. The summed E-state index contributed by atoms with van der Waals surface area (Å²) in [6.07, 6.45) is 3.00. The maximum atomic E-state index is 6.51. The van der Waals surface area contributed by atoms with Gasteiger partial charge in [-0.25, -0.2) is 4.98 Å². The summed E-state index contributed by atoms with van der Waals surface area (Å²) in [5, 5.41) is 8.93. The number of hydrogen-bond donors (Lipinski definition) is 1. The predicted molar refractivity (Wildman–Crippen MR) is 109 cm³/mol. The van der Waals surface area contributed by atoms with Crippen molar-refractivity contribution in [1.29, 1.82) is 0 Å². The van der Waals surface area contributed by atoms with Gasteiger partial charge in [-0.15, -0.1) is 11.3 Å². The minimum Gasteiger partial charge on any atom is -0.493 e. The molecule has 0 atom stereocenters. The van der Waals surface area contributed by atoms with Crippen molar-refractivity contribution in [3.05, 3.63) is 46.3 Å². The smallest absolute Gasteiger partial charge is 0.255 e. The van der Waals surface area contributed by atoms with Crippen molar-refractivity contribution in [2.24, 2.45) is 0 Å². The maximum Gasteiger partial charge on any atom is 0.255 e. The molecule has 10 heteroatoms. The van der Waals surface area contributed by atoms with Crippen LogP contribution in [-0.2, 0) is 6.54 Å². The van der Waals surface area contributed by atoms with E-state index < -0.39 is 0 Å². The van der Waals surface area contributed by atoms with Gasteiger partial charge in [0.1, 0.15) is 23.3 Å². The number of nitrogens with zero attached hydrogens (tertiary/aromatic N) is 5. The lowest BCUT2D eigenvalue weighted by Crippen LogP contribution is -2.07. The average Bonchev–Trinajstić information content (AvgIpc) is 3.34. The summed E-state index contributed by atoms with van der Waals surface area (Å²) in [6.45, 7) is 2.48. The van der Waals surface area contributed by atoms with E-state index in [0.717, 1.165) is 20.7 Å². The van der Waals surface area contributed by atoms with E-state index in [2.05, 4.69) is 25.4 Å². The van der Waals surface area contributed by atoms with Crippen LogP contribution in [0.25, 0.3) is 16.2 Å². The van der Waals surface area contributed by atoms with Gasteiger partial charge >= 0.3 is 0 Å². The molecule has 0 saturated carbocycles. The van der Waals surface area contributed by atoms with Crippen molar-refractivity contribution in [2.45, 2.75) is 13.5 Å². The molecule has 0 saturated heterocycles. The van der Waals surface area contributed by atoms with E-state index in [4.69, 9.17) is 21.1 Å². The van der Waals surface area contributed by atoms with E-state index in [-0.39, 0.29) is 0 Å². The molecule has 1 N–H and O–H groups in total. The van der Waals surface area contributed by atoms with Crippen LogP contribution < -0.4 is 14.8 Å². The monoisotopic (exact) mass is 416 g/mol. The summed E-state index contributed by atoms with van der Waals surface area (Å²) < 4.78 is 12.2. The van der Waals surface area contributed by atoms with E-state index >= 15 is 0 Å². The standard InChI is InChI=1S/C18H17ClN6O2S/c1-10-15(19)14-16(21-7-11-4-5-12(26-2)13(6-11)27-3)23-18(24-17(14)28-10)25-9-20-8-22-25/h4-6,8-9H,7H2,1-3H3,(H,21,23,24). The largest absolute Gasteiger partial charge is 0.493 e. The summed E-state index contributed by atoms with van der Waals surface area (Å²) in [5.74, 6) is 2.42. The van der Waals surface area contributed by atoms with Crippen molar-refractivity contribution in [2.75, 3.05) is 19.5 Å². The normalized spacial score (nSPS) is 11.0. The van der Waals surface area contributed by atoms with Crippen LogP contribution in [0.5, 0.6) is 11.5 Å². The van der Waals surface area contributed by atoms with Gasteiger partial charge in [0.15, 0.2) is 11.5 Å². The number of aromatic nitrogens is 5. The molecule has 0 aliphatic rings. The average molecular weight is 417 g/mol. The van der Waals surface area contributed by atoms with Crippen LogP contribution in [0.1, 0.15) is 10.4 Å². The predicted octanol–water partition coefficient (Wildman–Crippen LogP) is 3.86. The Morgan fingerprint density at radius 2 is 2.00 bits per heavy atom. The van der Waals surface area contributed by atoms with Crippen molar-refractivity contribution < 1.29 is 9.47 Å². The summed E-state index contributed by atoms with van der Waals surface area (Å²) in [4.78, 5) is 14.9. The fourth-order valence-electron chi connectivity index (χ4n) is 2.78. The van der Waals surface area contributed by atoms with E-state index in [1.807, 2.05) is 25.1 Å². The van der Waals surface area contributed by atoms with Crippen LogP contribution in [0.15, 0.2) is 30.9 Å². The highest BCUT2D eigenvalue weighted by Crippen LogP contribution is 2.38. The molecule has 4 rings (SSSR count). The van der Waals surface area contributed by atoms with Gasteiger partial charge in [0.05, 0.1) is 24.6 Å². The molecule has 0 bridgehead atoms. The van der Waals surface area contributed by atoms with E-state index in [9.17, 15) is 0 Å². The summed E-state index contributed by atoms with van der Waals surface area (Å²) in [5.41, 5.74) is 1.01. The second kappa shape index (κ2) is 7.61. The molecule has 0 unspecified atom stereocenters. The van der Waals surface area contributed by atoms with Gasteiger partial charge < -0.3 is 14.8 Å². The number of thiophene rings is 1. The highest BCUT2D eigenvalue weighted by Gasteiger charge is 2.17. The highest BCUT2D eigenvalue weighted by atomic mass is 35.5. The molecule has 3 aromatic heterocycles. The van der Waals surface area contributed by atoms with Crippen LogP contribution in [-0.4, -0.2) is 39.0 Å². The number of ether oxygens (including phenoxy) is 2. The van der Waals surface area contributed by atoms with Gasteiger partial charge in [-0.3, -0.25) is 0 Å². The molecular formula is C18H17ClN6O2S. The number of benzene rings is 1. The lowest BCUT2D eigenvalue weighted by Gasteiger charge is -2.12. The topological polar surface area (TPSA) is 87.0 Å². The fourth-order valence-corrected chi connectivity index (χ4v) is 4.05. The Morgan fingerprint density at radius 1 is 1.18 bits per heavy atom. The molecule has 1 aromatic carbocycles. The number of nitrogens with one attached hydrogen (secondary N) is 1. The summed E-state index contributed by atoms with van der Waals surface area (Å²) in [6, 6.07) is 5.75. The van der Waals surface area contributed by atoms with Crippen molar-refractivity contribution >= 4 is 39.0 Å². The lowest BCUT2D eigenvalue weighted by molar-refractivity contribution is 0.354. The Kier molecular flexibility index (Phi) is 5.01. The lowest BCUT2D eigenvalue weighted by atomic mass is 10.2. The van der Waals surface area contributed by atoms with Crippen LogP contribution >= 0.6 is 22.9 Å². The van der Waals surface area contributed by atoms with Crippen LogP contribution in [0.3, 0.4) is 0 Å². The quantitative estimate of drug-likeness (QED) is 0.510. The Hall–Kier alpha value is -2.91. The van der Waals surface area contributed by atoms with E-state index in [0.29, 0.717) is 34.8 Å². The summed E-state index contributed by atoms with van der Waals surface area (Å²) >= 11 is 8.03. The van der Waals surface area contributed by atoms with Gasteiger partial charge in [-0.1, -0.05) is 17.7 Å². The van der Waals surface area contributed by atoms with Crippen molar-refractivity contribution in [3.63, 3.8) is 0 Å². The third-order valence-corrected chi connectivity index (χ3v) is 5.76. The minimum absolute atomic E-state index is 0.428. The molecule has 3 heterocycles. The minimum atomic E-state index is 0.428. The third kappa shape index (κ3) is 3.34. The Bertz CT molecular complexity index is 1130. The Morgan fingerprint density at radius 3 is 2.71 bits per heavy atom. The zero-order valence-corrected chi connectivity index (χ0v) is 17.0. The number of fused-ring (bicyclic) bond motifs is 1. The van der Waals surface area contributed by atoms with E-state index in [1.54, 1.807) is 20.5 Å². The zero-order valence-electron chi connectivity index (χ0n) is 15.4. The van der Waals surface area contributed by atoms with Gasteiger partial charge in [-0.05, 0) is 24.6 Å². The first-order valence-corrected chi connectivity index (χ1v) is 9.56. The van der Waals surface area contributed by atoms with Crippen LogP contribution in [0.2, 0.25) is 5.02 Å². The maximum absolute atomic E-state index is 6.51. The first-order chi connectivity index (χ1) is 13.6. The summed E-state index contributed by atoms with van der Waals surface area (Å²) in [7, 11) is 3.22. The van der Waals surface area contributed by atoms with Gasteiger partial charge in [-0.2, -0.15) is 19.7 Å². The fraction of sp³-hybridized carbons (Fsp3) is 0.222. The first kappa shape index (κ1) is 18.5. The SMILES string of the molecule is COc1ccc(CNc2nc(-n3cncn3)nc3sc(C)c(Cl)c23)cc1OC. The number of halogens is 1. The number of anilines is 1. The molecule has 0 fully saturated rings. The Balaban J connectivity index is 1.71. The molecule has 144 valence electrons. The van der Waals surface area contributed by atoms with Gasteiger partial charge in [0, 0.05) is 11.4 Å². The number of methoxy groups -OCH3 is 2. The Labute approximate surface area is 170 Å². The van der Waals surface area contributed by atoms with Crippen molar-refractivity contribution in [1.82, 2.24) is 24.7 Å². The molecule has 0 aliphatic heterocycles. The first-order valence-electron chi connectivity index (χ1n) is 8.37. The van der Waals surface area contributed by atoms with Gasteiger partial charge in [0.2, 0.25) is 0 Å². The van der Waals surface area contributed by atoms with Crippen LogP contribution in [0, 0.1) is 6.92 Å². The molecular weight excluding hydrogens is 400 g/mol. The second-order valence-electron chi connectivity index (χ2n) is 5.91. The third-order valence-electron chi connectivity index (χ3n) is 4.17. The molecule has 0 amide bonds. The molecule has 4 aromatic rings. The number of aryl methyl sites for hydroxylation is 1. The highest BCUT2D eigenvalue weighted by molar-refractivity contribution is 7.19. The molecule has 8 nitrogen and oxygen atoms in total. The molecule has 0 spiro atoms. The number of hydrogen-bond acceptors (Lipinski definition) is 8. The van der Waals surface area contributed by atoms with Crippen molar-refractivity contribution in [3.8, 4) is 17.4 Å². The molecule has 0 radical (unpaired) electrons. The van der Waals surface area contributed by atoms with Crippen LogP contribution in [0.4, 0.5) is 5.82 Å².